The van der Waals surface area contributed by atoms with Gasteiger partial charge in [-0.25, -0.2) is 0 Å². The Morgan fingerprint density at radius 1 is 0.714 bits per heavy atom. The Balaban J connectivity index is 1.57. The van der Waals surface area contributed by atoms with Crippen LogP contribution in [0.15, 0.2) is 48.5 Å². The highest BCUT2D eigenvalue weighted by Gasteiger charge is 2.16. The third kappa shape index (κ3) is 3.75. The lowest BCUT2D eigenvalue weighted by atomic mass is 9.95. The molecule has 0 atom stereocenters. The Kier molecular flexibility index (Phi) is 4.75. The summed E-state index contributed by atoms with van der Waals surface area (Å²) in [5.74, 6) is 0.834. The number of benzene rings is 2. The van der Waals surface area contributed by atoms with Gasteiger partial charge in [-0.05, 0) is 60.3 Å². The van der Waals surface area contributed by atoms with Crippen molar-refractivity contribution >= 4 is 0 Å². The lowest BCUT2D eigenvalue weighted by Crippen LogP contribution is -1.95. The highest BCUT2D eigenvalue weighted by Crippen LogP contribution is 2.34. The summed E-state index contributed by atoms with van der Waals surface area (Å²) in [6, 6.07) is 18.5. The van der Waals surface area contributed by atoms with Crippen molar-refractivity contribution in [3.05, 3.63) is 70.8 Å². The summed E-state index contributed by atoms with van der Waals surface area (Å²) in [6.45, 7) is 2.21. The largest absolute Gasteiger partial charge is 0.0613 e. The number of rotatable bonds is 5. The topological polar surface area (TPSA) is 0 Å². The van der Waals surface area contributed by atoms with E-state index in [9.17, 15) is 0 Å². The average Bonchev–Trinajstić information content (AvgIpc) is 3.08. The van der Waals surface area contributed by atoms with E-state index in [2.05, 4.69) is 55.5 Å². The summed E-state index contributed by atoms with van der Waals surface area (Å²) in [5.41, 5.74) is 5.91. The molecule has 0 saturated heterocycles. The molecule has 0 unspecified atom stereocenters. The second-order valence-electron chi connectivity index (χ2n) is 6.39. The van der Waals surface area contributed by atoms with E-state index in [1.54, 1.807) is 5.56 Å². The molecule has 0 nitrogen and oxygen atoms in total. The van der Waals surface area contributed by atoms with Crippen molar-refractivity contribution in [2.45, 2.75) is 57.8 Å². The summed E-state index contributed by atoms with van der Waals surface area (Å²) in [5, 5.41) is 0. The van der Waals surface area contributed by atoms with Crippen LogP contribution in [0.5, 0.6) is 0 Å². The van der Waals surface area contributed by atoms with Gasteiger partial charge in [-0.15, -0.1) is 0 Å². The smallest absolute Gasteiger partial charge is 0.0162 e. The summed E-state index contributed by atoms with van der Waals surface area (Å²) < 4.78 is 0. The Labute approximate surface area is 129 Å². The molecule has 2 aromatic carbocycles. The van der Waals surface area contributed by atoms with Crippen LogP contribution < -0.4 is 0 Å². The van der Waals surface area contributed by atoms with E-state index in [1.165, 1.54) is 42.4 Å². The first kappa shape index (κ1) is 14.4. The maximum Gasteiger partial charge on any atom is -0.0162 e. The van der Waals surface area contributed by atoms with Crippen molar-refractivity contribution in [3.63, 3.8) is 0 Å². The lowest BCUT2D eigenvalue weighted by Gasteiger charge is -2.10. The van der Waals surface area contributed by atoms with Crippen LogP contribution in [0.4, 0.5) is 0 Å². The van der Waals surface area contributed by atoms with E-state index >= 15 is 0 Å². The van der Waals surface area contributed by atoms with Crippen LogP contribution in [0.3, 0.4) is 0 Å². The first-order valence-corrected chi connectivity index (χ1v) is 8.52. The average molecular weight is 278 g/mol. The van der Waals surface area contributed by atoms with Crippen LogP contribution in [0, 0.1) is 0 Å². The summed E-state index contributed by atoms with van der Waals surface area (Å²) in [7, 11) is 0. The fourth-order valence-electron chi connectivity index (χ4n) is 3.45. The molecule has 0 spiro atoms. The standard InChI is InChI=1S/C21H26/c1-2-17-7-9-18(10-8-17)11-12-19-13-15-21(16-14-19)20-5-3-4-6-20/h7-10,13-16,20H,2-6,11-12H2,1H3. The number of hydrogen-bond donors (Lipinski definition) is 0. The van der Waals surface area contributed by atoms with Gasteiger partial charge < -0.3 is 0 Å². The Hall–Kier alpha value is -1.56. The predicted molar refractivity (Wildman–Crippen MR) is 90.9 cm³/mol. The maximum atomic E-state index is 2.37. The Bertz CT molecular complexity index is 542. The van der Waals surface area contributed by atoms with Gasteiger partial charge in [0.15, 0.2) is 0 Å². The van der Waals surface area contributed by atoms with Crippen molar-refractivity contribution in [1.29, 1.82) is 0 Å². The van der Waals surface area contributed by atoms with Crippen LogP contribution in [-0.4, -0.2) is 0 Å². The lowest BCUT2D eigenvalue weighted by molar-refractivity contribution is 0.722. The van der Waals surface area contributed by atoms with Crippen LogP contribution in [0.1, 0.15) is 60.8 Å². The Morgan fingerprint density at radius 3 is 1.71 bits per heavy atom. The van der Waals surface area contributed by atoms with Gasteiger partial charge in [0.2, 0.25) is 0 Å². The Morgan fingerprint density at radius 2 is 1.19 bits per heavy atom. The molecule has 2 aromatic rings. The first-order chi connectivity index (χ1) is 10.3. The summed E-state index contributed by atoms with van der Waals surface area (Å²) in [6.07, 6.45) is 9.04. The third-order valence-electron chi connectivity index (χ3n) is 4.94. The van der Waals surface area contributed by atoms with E-state index in [0.29, 0.717) is 0 Å². The molecular weight excluding hydrogens is 252 g/mol. The molecule has 1 aliphatic carbocycles. The van der Waals surface area contributed by atoms with E-state index in [1.807, 2.05) is 0 Å². The first-order valence-electron chi connectivity index (χ1n) is 8.52. The highest BCUT2D eigenvalue weighted by molar-refractivity contribution is 5.28. The van der Waals surface area contributed by atoms with Crippen molar-refractivity contribution in [1.82, 2.24) is 0 Å². The number of hydrogen-bond acceptors (Lipinski definition) is 0. The molecule has 3 rings (SSSR count). The fraction of sp³-hybridized carbons (Fsp3) is 0.429. The van der Waals surface area contributed by atoms with Gasteiger partial charge in [0.05, 0.1) is 0 Å². The highest BCUT2D eigenvalue weighted by atomic mass is 14.2. The van der Waals surface area contributed by atoms with Crippen LogP contribution in [0.2, 0.25) is 0 Å². The predicted octanol–water partition coefficient (Wildman–Crippen LogP) is 5.69. The van der Waals surface area contributed by atoms with E-state index < -0.39 is 0 Å². The molecule has 1 aliphatic rings. The molecule has 0 amide bonds. The molecule has 0 heteroatoms. The molecule has 0 radical (unpaired) electrons. The molecule has 0 N–H and O–H groups in total. The monoisotopic (exact) mass is 278 g/mol. The molecule has 0 heterocycles. The minimum absolute atomic E-state index is 0.834. The molecule has 1 saturated carbocycles. The van der Waals surface area contributed by atoms with Crippen molar-refractivity contribution < 1.29 is 0 Å². The molecular formula is C21H26. The molecule has 0 aliphatic heterocycles. The maximum absolute atomic E-state index is 2.37. The van der Waals surface area contributed by atoms with Gasteiger partial charge >= 0.3 is 0 Å². The van der Waals surface area contributed by atoms with Gasteiger partial charge in [0.25, 0.3) is 0 Å². The molecule has 21 heavy (non-hydrogen) atoms. The third-order valence-corrected chi connectivity index (χ3v) is 4.94. The van der Waals surface area contributed by atoms with Gasteiger partial charge in [-0.2, -0.15) is 0 Å². The van der Waals surface area contributed by atoms with Crippen molar-refractivity contribution in [2.75, 3.05) is 0 Å². The van der Waals surface area contributed by atoms with E-state index in [-0.39, 0.29) is 0 Å². The molecule has 0 aromatic heterocycles. The van der Waals surface area contributed by atoms with Gasteiger partial charge in [-0.3, -0.25) is 0 Å². The fourth-order valence-corrected chi connectivity index (χ4v) is 3.45. The number of aryl methyl sites for hydroxylation is 3. The molecule has 110 valence electrons. The van der Waals surface area contributed by atoms with Gasteiger partial charge in [-0.1, -0.05) is 68.3 Å². The zero-order valence-corrected chi connectivity index (χ0v) is 13.1. The second kappa shape index (κ2) is 6.93. The van der Waals surface area contributed by atoms with Crippen molar-refractivity contribution in [3.8, 4) is 0 Å². The zero-order valence-electron chi connectivity index (χ0n) is 13.1. The normalized spacial score (nSPS) is 15.5. The van der Waals surface area contributed by atoms with Gasteiger partial charge in [0.1, 0.15) is 0 Å². The zero-order chi connectivity index (χ0) is 14.5. The minimum atomic E-state index is 0.834. The molecule has 0 bridgehead atoms. The minimum Gasteiger partial charge on any atom is -0.0613 e. The van der Waals surface area contributed by atoms with E-state index in [4.69, 9.17) is 0 Å². The molecule has 1 fully saturated rings. The second-order valence-corrected chi connectivity index (χ2v) is 6.39. The van der Waals surface area contributed by atoms with E-state index in [0.717, 1.165) is 25.2 Å². The van der Waals surface area contributed by atoms with Crippen LogP contribution in [0.25, 0.3) is 0 Å². The van der Waals surface area contributed by atoms with Crippen LogP contribution >= 0.6 is 0 Å². The quantitative estimate of drug-likeness (QED) is 0.659. The van der Waals surface area contributed by atoms with Crippen molar-refractivity contribution in [2.24, 2.45) is 0 Å². The summed E-state index contributed by atoms with van der Waals surface area (Å²) >= 11 is 0. The van der Waals surface area contributed by atoms with Gasteiger partial charge in [0, 0.05) is 0 Å². The van der Waals surface area contributed by atoms with Crippen LogP contribution in [-0.2, 0) is 19.3 Å². The SMILES string of the molecule is CCc1ccc(CCc2ccc(C3CCCC3)cc2)cc1. The summed E-state index contributed by atoms with van der Waals surface area (Å²) in [4.78, 5) is 0.